The largest absolute Gasteiger partial charge is 0.469 e. The Bertz CT molecular complexity index is 666. The maximum Gasteiger partial charge on any atom is 0.307 e. The lowest BCUT2D eigenvalue weighted by atomic mass is 9.97. The minimum atomic E-state index is -0.289. The molecule has 0 radical (unpaired) electrons. The van der Waals surface area contributed by atoms with Gasteiger partial charge in [0.25, 0.3) is 0 Å². The fourth-order valence-electron chi connectivity index (χ4n) is 2.65. The molecule has 2 aromatic rings. The summed E-state index contributed by atoms with van der Waals surface area (Å²) in [5.74, 6) is -0.289. The van der Waals surface area contributed by atoms with Gasteiger partial charge in [0.2, 0.25) is 0 Å². The maximum atomic E-state index is 11.9. The second-order valence-corrected chi connectivity index (χ2v) is 6.20. The Hall–Kier alpha value is -1.71. The lowest BCUT2D eigenvalue weighted by molar-refractivity contribution is -0.141. The molecule has 2 aromatic carbocycles. The Kier molecular flexibility index (Phi) is 5.91. The van der Waals surface area contributed by atoms with Gasteiger partial charge in [-0.1, -0.05) is 41.4 Å². The topological polar surface area (TPSA) is 29.5 Å². The summed E-state index contributed by atoms with van der Waals surface area (Å²) in [5, 5.41) is 1.13. The Labute approximate surface area is 146 Å². The third-order valence-electron chi connectivity index (χ3n) is 3.85. The molecule has 0 heterocycles. The van der Waals surface area contributed by atoms with Gasteiger partial charge in [-0.25, -0.2) is 0 Å². The summed E-state index contributed by atoms with van der Waals surface area (Å²) in [6.07, 6.45) is 0.198. The summed E-state index contributed by atoms with van der Waals surface area (Å²) in [4.78, 5) is 13.9. The third kappa shape index (κ3) is 4.18. The maximum absolute atomic E-state index is 11.9. The van der Waals surface area contributed by atoms with Crippen LogP contribution in [0.1, 0.15) is 23.6 Å². The van der Waals surface area contributed by atoms with Gasteiger partial charge < -0.3 is 9.64 Å². The molecular formula is C18H19Cl2NO2. The first-order valence-corrected chi connectivity index (χ1v) is 8.00. The molecule has 3 nitrogen and oxygen atoms in total. The molecule has 0 N–H and O–H groups in total. The predicted molar refractivity (Wildman–Crippen MR) is 95.4 cm³/mol. The van der Waals surface area contributed by atoms with Gasteiger partial charge in [0.15, 0.2) is 0 Å². The highest BCUT2D eigenvalue weighted by Gasteiger charge is 2.25. The lowest BCUT2D eigenvalue weighted by Gasteiger charge is -2.31. The normalized spacial score (nSPS) is 11.9. The molecule has 1 atom stereocenters. The first kappa shape index (κ1) is 17.6. The van der Waals surface area contributed by atoms with Crippen LogP contribution in [0.5, 0.6) is 0 Å². The molecule has 0 saturated heterocycles. The molecule has 0 aliphatic rings. The summed E-state index contributed by atoms with van der Waals surface area (Å²) >= 11 is 12.5. The minimum Gasteiger partial charge on any atom is -0.469 e. The molecule has 0 amide bonds. The van der Waals surface area contributed by atoms with Crippen molar-refractivity contribution in [3.05, 3.63) is 63.6 Å². The lowest BCUT2D eigenvalue weighted by Crippen LogP contribution is -2.27. The number of methoxy groups -OCH3 is 1. The van der Waals surface area contributed by atoms with Crippen LogP contribution in [-0.2, 0) is 9.53 Å². The van der Waals surface area contributed by atoms with Crippen molar-refractivity contribution in [2.75, 3.05) is 19.1 Å². The van der Waals surface area contributed by atoms with Gasteiger partial charge in [0, 0.05) is 22.8 Å². The van der Waals surface area contributed by atoms with Crippen molar-refractivity contribution in [2.24, 2.45) is 0 Å². The number of esters is 1. The van der Waals surface area contributed by atoms with Crippen molar-refractivity contribution in [1.29, 1.82) is 0 Å². The van der Waals surface area contributed by atoms with E-state index in [9.17, 15) is 4.79 Å². The summed E-state index contributed by atoms with van der Waals surface area (Å²) in [5.41, 5.74) is 2.82. The highest BCUT2D eigenvalue weighted by atomic mass is 35.5. The van der Waals surface area contributed by atoms with Crippen LogP contribution in [0, 0.1) is 6.92 Å². The Morgan fingerprint density at radius 1 is 1.22 bits per heavy atom. The van der Waals surface area contributed by atoms with Crippen molar-refractivity contribution < 1.29 is 9.53 Å². The third-order valence-corrected chi connectivity index (χ3v) is 4.38. The number of carbonyl (C=O) groups excluding carboxylic acids is 1. The van der Waals surface area contributed by atoms with Crippen LogP contribution >= 0.6 is 23.2 Å². The van der Waals surface area contributed by atoms with E-state index in [-0.39, 0.29) is 18.4 Å². The van der Waals surface area contributed by atoms with Crippen LogP contribution in [0.4, 0.5) is 5.69 Å². The van der Waals surface area contributed by atoms with Crippen LogP contribution in [0.3, 0.4) is 0 Å². The van der Waals surface area contributed by atoms with E-state index in [4.69, 9.17) is 27.9 Å². The van der Waals surface area contributed by atoms with E-state index >= 15 is 0 Å². The molecule has 1 unspecified atom stereocenters. The van der Waals surface area contributed by atoms with E-state index in [0.29, 0.717) is 10.0 Å². The number of rotatable bonds is 5. The zero-order valence-electron chi connectivity index (χ0n) is 13.3. The number of carbonyl (C=O) groups is 1. The molecule has 0 aliphatic carbocycles. The van der Waals surface area contributed by atoms with Crippen molar-refractivity contribution in [2.45, 2.75) is 19.4 Å². The number of para-hydroxylation sites is 1. The van der Waals surface area contributed by atoms with E-state index in [1.165, 1.54) is 7.11 Å². The predicted octanol–water partition coefficient (Wildman–Crippen LogP) is 5.04. The zero-order chi connectivity index (χ0) is 17.0. The van der Waals surface area contributed by atoms with Crippen LogP contribution in [0.15, 0.2) is 42.5 Å². The van der Waals surface area contributed by atoms with Gasteiger partial charge in [-0.15, -0.1) is 0 Å². The van der Waals surface area contributed by atoms with Crippen molar-refractivity contribution in [3.8, 4) is 0 Å². The Morgan fingerprint density at radius 3 is 2.43 bits per heavy atom. The fraction of sp³-hybridized carbons (Fsp3) is 0.278. The van der Waals surface area contributed by atoms with Crippen LogP contribution in [0.2, 0.25) is 10.0 Å². The Morgan fingerprint density at radius 2 is 1.87 bits per heavy atom. The molecule has 5 heteroatoms. The summed E-state index contributed by atoms with van der Waals surface area (Å²) < 4.78 is 4.86. The van der Waals surface area contributed by atoms with Gasteiger partial charge >= 0.3 is 5.97 Å². The second-order valence-electron chi connectivity index (χ2n) is 5.36. The molecule has 0 fully saturated rings. The average Bonchev–Trinajstić information content (AvgIpc) is 2.53. The first-order valence-electron chi connectivity index (χ1n) is 7.24. The average molecular weight is 352 g/mol. The molecular weight excluding hydrogens is 333 g/mol. The van der Waals surface area contributed by atoms with Gasteiger partial charge in [-0.3, -0.25) is 4.79 Å². The van der Waals surface area contributed by atoms with E-state index in [1.807, 2.05) is 55.3 Å². The number of halogens is 2. The number of nitrogens with zero attached hydrogens (tertiary/aromatic N) is 1. The zero-order valence-corrected chi connectivity index (χ0v) is 14.9. The van der Waals surface area contributed by atoms with Gasteiger partial charge in [0.05, 0.1) is 19.6 Å². The summed E-state index contributed by atoms with van der Waals surface area (Å²) in [7, 11) is 3.32. The number of anilines is 1. The molecule has 23 heavy (non-hydrogen) atoms. The first-order chi connectivity index (χ1) is 10.9. The van der Waals surface area contributed by atoms with E-state index < -0.39 is 0 Å². The van der Waals surface area contributed by atoms with Crippen molar-refractivity contribution >= 4 is 34.9 Å². The van der Waals surface area contributed by atoms with E-state index in [0.717, 1.165) is 16.8 Å². The molecule has 122 valence electrons. The number of benzene rings is 2. The van der Waals surface area contributed by atoms with Crippen LogP contribution in [0.25, 0.3) is 0 Å². The van der Waals surface area contributed by atoms with Gasteiger partial charge in [-0.05, 0) is 42.3 Å². The number of hydrogen-bond donors (Lipinski definition) is 0. The van der Waals surface area contributed by atoms with Crippen LogP contribution in [-0.4, -0.2) is 20.1 Å². The van der Waals surface area contributed by atoms with Crippen LogP contribution < -0.4 is 4.90 Å². The molecule has 2 rings (SSSR count). The number of aryl methyl sites for hydroxylation is 1. The molecule has 0 aliphatic heterocycles. The molecule has 0 saturated carbocycles. The molecule has 0 spiro atoms. The molecule has 0 bridgehead atoms. The number of hydrogen-bond acceptors (Lipinski definition) is 3. The fourth-order valence-corrected chi connectivity index (χ4v) is 3.37. The monoisotopic (exact) mass is 351 g/mol. The quantitative estimate of drug-likeness (QED) is 0.706. The van der Waals surface area contributed by atoms with Gasteiger partial charge in [-0.2, -0.15) is 0 Å². The SMILES string of the molecule is COC(=O)CC(c1c(C)cc(Cl)cc1Cl)N(C)c1ccccc1. The highest BCUT2D eigenvalue weighted by molar-refractivity contribution is 6.35. The van der Waals surface area contributed by atoms with E-state index in [1.54, 1.807) is 6.07 Å². The highest BCUT2D eigenvalue weighted by Crippen LogP contribution is 2.36. The van der Waals surface area contributed by atoms with Crippen molar-refractivity contribution in [1.82, 2.24) is 0 Å². The second kappa shape index (κ2) is 7.71. The number of ether oxygens (including phenoxy) is 1. The van der Waals surface area contributed by atoms with E-state index in [2.05, 4.69) is 0 Å². The van der Waals surface area contributed by atoms with Gasteiger partial charge in [0.1, 0.15) is 0 Å². The molecule has 0 aromatic heterocycles. The summed E-state index contributed by atoms with van der Waals surface area (Å²) in [6, 6.07) is 13.2. The minimum absolute atomic E-state index is 0.198. The smallest absolute Gasteiger partial charge is 0.307 e. The standard InChI is InChI=1S/C18H19Cl2NO2/c1-12-9-13(19)10-15(20)18(12)16(11-17(22)23-3)21(2)14-7-5-4-6-8-14/h4-10,16H,11H2,1-3H3. The summed E-state index contributed by atoms with van der Waals surface area (Å²) in [6.45, 7) is 1.94. The Balaban J connectivity index is 2.49. The van der Waals surface area contributed by atoms with Crippen molar-refractivity contribution in [3.63, 3.8) is 0 Å².